The molecule has 2 N–H and O–H groups in total. The Kier molecular flexibility index (Phi) is 4.70. The molecule has 0 saturated heterocycles. The molecule has 0 fully saturated rings. The lowest BCUT2D eigenvalue weighted by Crippen LogP contribution is -2.42. The minimum atomic E-state index is -0.321. The number of methoxy groups -OCH3 is 1. The number of carbonyl (C=O) groups is 1. The first kappa shape index (κ1) is 15.2. The van der Waals surface area contributed by atoms with Crippen LogP contribution in [0.4, 0.5) is 0 Å². The third-order valence-electron chi connectivity index (χ3n) is 3.38. The maximum Gasteiger partial charge on any atom is 0.272 e. The molecule has 0 aliphatic carbocycles. The van der Waals surface area contributed by atoms with E-state index in [1.165, 1.54) is 0 Å². The summed E-state index contributed by atoms with van der Waals surface area (Å²) >= 11 is 0. The molecule has 2 rings (SSSR count). The van der Waals surface area contributed by atoms with Crippen molar-refractivity contribution in [3.05, 3.63) is 40.3 Å². The lowest BCUT2D eigenvalue weighted by atomic mass is 10.0. The average molecular weight is 289 g/mol. The summed E-state index contributed by atoms with van der Waals surface area (Å²) in [6, 6.07) is 6.79. The van der Waals surface area contributed by atoms with E-state index in [1.54, 1.807) is 31.4 Å². The van der Waals surface area contributed by atoms with Crippen LogP contribution >= 0.6 is 0 Å². The number of benzene rings is 1. The second-order valence-corrected chi connectivity index (χ2v) is 5.23. The smallest absolute Gasteiger partial charge is 0.272 e. The molecule has 0 saturated carbocycles. The third kappa shape index (κ3) is 3.28. The van der Waals surface area contributed by atoms with E-state index in [1.807, 2.05) is 13.8 Å². The average Bonchev–Trinajstić information content (AvgIpc) is 2.47. The van der Waals surface area contributed by atoms with Crippen molar-refractivity contribution < 1.29 is 9.53 Å². The number of rotatable bonds is 5. The monoisotopic (exact) mass is 289 g/mol. The number of H-pyrrole nitrogens is 1. The number of fused-ring (bicyclic) bond motifs is 1. The molecular formula is C15H19N3O3. The summed E-state index contributed by atoms with van der Waals surface area (Å²) in [6.45, 7) is 4.43. The van der Waals surface area contributed by atoms with Crippen LogP contribution in [0, 0.1) is 5.92 Å². The van der Waals surface area contributed by atoms with E-state index in [4.69, 9.17) is 4.74 Å². The van der Waals surface area contributed by atoms with Crippen molar-refractivity contribution in [2.45, 2.75) is 19.9 Å². The van der Waals surface area contributed by atoms with Crippen LogP contribution < -0.4 is 10.9 Å². The van der Waals surface area contributed by atoms with Crippen molar-refractivity contribution in [2.24, 2.45) is 5.92 Å². The highest BCUT2D eigenvalue weighted by molar-refractivity contribution is 6.04. The van der Waals surface area contributed by atoms with Crippen molar-refractivity contribution in [3.63, 3.8) is 0 Å². The van der Waals surface area contributed by atoms with Gasteiger partial charge in [-0.15, -0.1) is 0 Å². The molecule has 0 spiro atoms. The molecule has 1 aromatic carbocycles. The van der Waals surface area contributed by atoms with E-state index in [2.05, 4.69) is 15.5 Å². The first-order chi connectivity index (χ1) is 10.0. The zero-order valence-electron chi connectivity index (χ0n) is 12.3. The molecule has 6 nitrogen and oxygen atoms in total. The second-order valence-electron chi connectivity index (χ2n) is 5.23. The normalized spacial score (nSPS) is 12.6. The highest BCUT2D eigenvalue weighted by Gasteiger charge is 2.20. The first-order valence-corrected chi connectivity index (χ1v) is 6.81. The SMILES string of the molecule is COCC(NC(=O)c1n[nH]c(=O)c2ccccc12)C(C)C. The summed E-state index contributed by atoms with van der Waals surface area (Å²) < 4.78 is 5.12. The number of aromatic amines is 1. The van der Waals surface area contributed by atoms with E-state index in [0.717, 1.165) is 0 Å². The van der Waals surface area contributed by atoms with Gasteiger partial charge in [-0.1, -0.05) is 32.0 Å². The Morgan fingerprint density at radius 1 is 1.33 bits per heavy atom. The maximum absolute atomic E-state index is 12.4. The minimum absolute atomic E-state index is 0.116. The molecule has 1 aromatic heterocycles. The fourth-order valence-corrected chi connectivity index (χ4v) is 2.10. The fraction of sp³-hybridized carbons (Fsp3) is 0.400. The Labute approximate surface area is 122 Å². The Balaban J connectivity index is 2.36. The van der Waals surface area contributed by atoms with Crippen LogP contribution in [0.3, 0.4) is 0 Å². The van der Waals surface area contributed by atoms with Crippen molar-refractivity contribution >= 4 is 16.7 Å². The summed E-state index contributed by atoms with van der Waals surface area (Å²) in [7, 11) is 1.59. The molecular weight excluding hydrogens is 270 g/mol. The number of nitrogens with zero attached hydrogens (tertiary/aromatic N) is 1. The van der Waals surface area contributed by atoms with Crippen molar-refractivity contribution in [2.75, 3.05) is 13.7 Å². The third-order valence-corrected chi connectivity index (χ3v) is 3.38. The van der Waals surface area contributed by atoms with Crippen molar-refractivity contribution in [1.29, 1.82) is 0 Å². The highest BCUT2D eigenvalue weighted by Crippen LogP contribution is 2.13. The number of carbonyl (C=O) groups excluding carboxylic acids is 1. The van der Waals surface area contributed by atoms with E-state index < -0.39 is 0 Å². The summed E-state index contributed by atoms with van der Waals surface area (Å²) in [5.74, 6) is -0.0962. The lowest BCUT2D eigenvalue weighted by Gasteiger charge is -2.21. The first-order valence-electron chi connectivity index (χ1n) is 6.81. The van der Waals surface area contributed by atoms with Gasteiger partial charge < -0.3 is 10.1 Å². The van der Waals surface area contributed by atoms with Gasteiger partial charge >= 0.3 is 0 Å². The molecule has 1 heterocycles. The van der Waals surface area contributed by atoms with Gasteiger partial charge in [-0.3, -0.25) is 9.59 Å². The molecule has 2 aromatic rings. The van der Waals surface area contributed by atoms with Crippen LogP contribution in [0.25, 0.3) is 10.8 Å². The van der Waals surface area contributed by atoms with Gasteiger partial charge in [0.1, 0.15) is 0 Å². The maximum atomic E-state index is 12.4. The molecule has 112 valence electrons. The topological polar surface area (TPSA) is 84.1 Å². The Bertz CT molecular complexity index is 694. The van der Waals surface area contributed by atoms with Gasteiger partial charge in [-0.05, 0) is 12.0 Å². The minimum Gasteiger partial charge on any atom is -0.383 e. The summed E-state index contributed by atoms with van der Waals surface area (Å²) in [6.07, 6.45) is 0. The Morgan fingerprint density at radius 2 is 2.00 bits per heavy atom. The van der Waals surface area contributed by atoms with Gasteiger partial charge in [0.15, 0.2) is 5.69 Å². The quantitative estimate of drug-likeness (QED) is 0.869. The largest absolute Gasteiger partial charge is 0.383 e. The summed E-state index contributed by atoms with van der Waals surface area (Å²) in [5, 5.41) is 10.1. The van der Waals surface area contributed by atoms with Gasteiger partial charge in [-0.2, -0.15) is 5.10 Å². The molecule has 1 amide bonds. The van der Waals surface area contributed by atoms with Crippen LogP contribution in [0.15, 0.2) is 29.1 Å². The molecule has 6 heteroatoms. The number of hydrogen-bond acceptors (Lipinski definition) is 4. The van der Waals surface area contributed by atoms with Crippen molar-refractivity contribution in [1.82, 2.24) is 15.5 Å². The number of hydrogen-bond donors (Lipinski definition) is 2. The van der Waals surface area contributed by atoms with Gasteiger partial charge in [0.2, 0.25) is 0 Å². The number of ether oxygens (including phenoxy) is 1. The van der Waals surface area contributed by atoms with Crippen LogP contribution in [-0.4, -0.2) is 35.9 Å². The number of amides is 1. The van der Waals surface area contributed by atoms with Crippen LogP contribution in [-0.2, 0) is 4.74 Å². The van der Waals surface area contributed by atoms with E-state index >= 15 is 0 Å². The lowest BCUT2D eigenvalue weighted by molar-refractivity contribution is 0.0862. The van der Waals surface area contributed by atoms with Gasteiger partial charge in [0.05, 0.1) is 18.0 Å². The zero-order chi connectivity index (χ0) is 15.4. The molecule has 1 unspecified atom stereocenters. The predicted octanol–water partition coefficient (Wildman–Crippen LogP) is 1.32. The van der Waals surface area contributed by atoms with E-state index in [-0.39, 0.29) is 29.1 Å². The predicted molar refractivity (Wildman–Crippen MR) is 80.3 cm³/mol. The fourth-order valence-electron chi connectivity index (χ4n) is 2.10. The Hall–Kier alpha value is -2.21. The van der Waals surface area contributed by atoms with Crippen molar-refractivity contribution in [3.8, 4) is 0 Å². The number of aromatic nitrogens is 2. The summed E-state index contributed by atoms with van der Waals surface area (Å²) in [4.78, 5) is 24.1. The highest BCUT2D eigenvalue weighted by atomic mass is 16.5. The Morgan fingerprint density at radius 3 is 2.62 bits per heavy atom. The molecule has 0 aliphatic heterocycles. The molecule has 0 bridgehead atoms. The second kappa shape index (κ2) is 6.49. The van der Waals surface area contributed by atoms with Crippen LogP contribution in [0.1, 0.15) is 24.3 Å². The van der Waals surface area contributed by atoms with Gasteiger partial charge in [0, 0.05) is 12.5 Å². The van der Waals surface area contributed by atoms with Gasteiger partial charge in [0.25, 0.3) is 11.5 Å². The number of nitrogens with one attached hydrogen (secondary N) is 2. The molecule has 1 atom stereocenters. The van der Waals surface area contributed by atoms with Crippen LogP contribution in [0.5, 0.6) is 0 Å². The van der Waals surface area contributed by atoms with Gasteiger partial charge in [-0.25, -0.2) is 5.10 Å². The molecule has 0 radical (unpaired) electrons. The molecule has 0 aliphatic rings. The zero-order valence-corrected chi connectivity index (χ0v) is 12.3. The standard InChI is InChI=1S/C15H19N3O3/c1-9(2)12(8-21-3)16-15(20)13-10-6-4-5-7-11(10)14(19)18-17-13/h4-7,9,12H,8H2,1-3H3,(H,16,20)(H,18,19). The summed E-state index contributed by atoms with van der Waals surface area (Å²) in [5.41, 5.74) is -0.0913. The molecule has 21 heavy (non-hydrogen) atoms. The van der Waals surface area contributed by atoms with Crippen LogP contribution in [0.2, 0.25) is 0 Å². The van der Waals surface area contributed by atoms with E-state index in [9.17, 15) is 9.59 Å². The van der Waals surface area contributed by atoms with E-state index in [0.29, 0.717) is 17.4 Å².